The molecule has 0 aliphatic carbocycles. The number of hydrogen-bond acceptors (Lipinski definition) is 4. The van der Waals surface area contributed by atoms with Gasteiger partial charge in [-0.25, -0.2) is 12.8 Å². The lowest BCUT2D eigenvalue weighted by atomic mass is 10.1. The summed E-state index contributed by atoms with van der Waals surface area (Å²) < 4.78 is 83.6. The lowest BCUT2D eigenvalue weighted by Gasteiger charge is -2.38. The number of benzene rings is 2. The Morgan fingerprint density at radius 1 is 0.906 bits per heavy atom. The van der Waals surface area contributed by atoms with Crippen LogP contribution in [0.4, 0.5) is 17.6 Å². The van der Waals surface area contributed by atoms with E-state index >= 15 is 0 Å². The van der Waals surface area contributed by atoms with Gasteiger partial charge in [0.1, 0.15) is 11.6 Å². The highest BCUT2D eigenvalue weighted by atomic mass is 32.2. The number of nitrogens with zero attached hydrogens (tertiary/aromatic N) is 2. The predicted molar refractivity (Wildman–Crippen MR) is 108 cm³/mol. The first-order chi connectivity index (χ1) is 14.8. The Kier molecular flexibility index (Phi) is 6.52. The minimum Gasteiger partial charge on any atom is -0.478 e. The van der Waals surface area contributed by atoms with Gasteiger partial charge in [-0.05, 0) is 62.4 Å². The number of halogens is 4. The molecule has 1 fully saturated rings. The molecule has 0 atom stereocenters. The smallest absolute Gasteiger partial charge is 0.416 e. The summed E-state index contributed by atoms with van der Waals surface area (Å²) >= 11 is 0. The zero-order valence-electron chi connectivity index (χ0n) is 17.4. The van der Waals surface area contributed by atoms with Gasteiger partial charge < -0.3 is 9.64 Å². The largest absolute Gasteiger partial charge is 0.478 e. The summed E-state index contributed by atoms with van der Waals surface area (Å²) in [6.45, 7) is 3.28. The molecule has 0 spiro atoms. The summed E-state index contributed by atoms with van der Waals surface area (Å²) in [5.74, 6) is -0.492. The molecule has 0 unspecified atom stereocenters. The van der Waals surface area contributed by atoms with E-state index in [9.17, 15) is 30.8 Å². The molecule has 0 radical (unpaired) electrons. The van der Waals surface area contributed by atoms with Crippen LogP contribution in [0.15, 0.2) is 53.4 Å². The van der Waals surface area contributed by atoms with Crippen LogP contribution in [0.2, 0.25) is 0 Å². The quantitative estimate of drug-likeness (QED) is 0.622. The molecule has 1 amide bonds. The number of carbonyl (C=O) groups excluding carboxylic acids is 1. The molecule has 0 bridgehead atoms. The number of hydrogen-bond donors (Lipinski definition) is 0. The molecule has 0 N–H and O–H groups in total. The van der Waals surface area contributed by atoms with Gasteiger partial charge in [0.2, 0.25) is 10.0 Å². The van der Waals surface area contributed by atoms with Crippen LogP contribution in [0, 0.1) is 5.82 Å². The molecule has 1 aliphatic heterocycles. The summed E-state index contributed by atoms with van der Waals surface area (Å²) in [6, 6.07) is 8.52. The van der Waals surface area contributed by atoms with Crippen LogP contribution >= 0.6 is 0 Å². The molecule has 174 valence electrons. The SMILES string of the molecule is CC(C)(Oc1ccc(F)cc1)C(=O)N1CCN(S(=O)(=O)c2ccc(C(F)(F)F)cc2)CC1. The van der Waals surface area contributed by atoms with Crippen LogP contribution in [0.1, 0.15) is 19.4 Å². The van der Waals surface area contributed by atoms with Gasteiger partial charge in [0.05, 0.1) is 10.5 Å². The normalized spacial score (nSPS) is 16.1. The first-order valence-corrected chi connectivity index (χ1v) is 11.2. The third-order valence-corrected chi connectivity index (χ3v) is 6.96. The molecule has 3 rings (SSSR count). The lowest BCUT2D eigenvalue weighted by molar-refractivity contribution is -0.146. The van der Waals surface area contributed by atoms with Crippen LogP contribution in [0.3, 0.4) is 0 Å². The Morgan fingerprint density at radius 2 is 1.44 bits per heavy atom. The number of alkyl halides is 3. The fourth-order valence-electron chi connectivity index (χ4n) is 3.32. The maximum Gasteiger partial charge on any atom is 0.416 e. The van der Waals surface area contributed by atoms with Crippen LogP contribution in [0.5, 0.6) is 5.75 Å². The van der Waals surface area contributed by atoms with Crippen LogP contribution < -0.4 is 4.74 Å². The van der Waals surface area contributed by atoms with E-state index in [0.717, 1.165) is 28.6 Å². The van der Waals surface area contributed by atoms with E-state index < -0.39 is 33.2 Å². The van der Waals surface area contributed by atoms with Crippen molar-refractivity contribution in [2.24, 2.45) is 0 Å². The monoisotopic (exact) mass is 474 g/mol. The Morgan fingerprint density at radius 3 is 1.94 bits per heavy atom. The summed E-state index contributed by atoms with van der Waals surface area (Å²) in [7, 11) is -4.00. The minimum atomic E-state index is -4.56. The molecule has 1 aliphatic rings. The van der Waals surface area contributed by atoms with E-state index in [0.29, 0.717) is 5.75 Å². The molecule has 6 nitrogen and oxygen atoms in total. The second-order valence-electron chi connectivity index (χ2n) is 7.78. The summed E-state index contributed by atoms with van der Waals surface area (Å²) in [5, 5.41) is 0. The molecular formula is C21H22F4N2O4S. The fraction of sp³-hybridized carbons (Fsp3) is 0.381. The van der Waals surface area contributed by atoms with Crippen LogP contribution in [0.25, 0.3) is 0 Å². The number of piperazine rings is 1. The Labute approximate surface area is 183 Å². The Balaban J connectivity index is 1.64. The number of rotatable bonds is 5. The lowest BCUT2D eigenvalue weighted by Crippen LogP contribution is -2.56. The molecule has 0 aromatic heterocycles. The highest BCUT2D eigenvalue weighted by molar-refractivity contribution is 7.89. The summed E-state index contributed by atoms with van der Waals surface area (Å²) in [4.78, 5) is 14.1. The van der Waals surface area contributed by atoms with E-state index in [4.69, 9.17) is 4.74 Å². The van der Waals surface area contributed by atoms with E-state index in [1.165, 1.54) is 29.2 Å². The maximum atomic E-state index is 13.1. The third kappa shape index (κ3) is 5.21. The molecule has 32 heavy (non-hydrogen) atoms. The molecular weight excluding hydrogens is 452 g/mol. The molecule has 1 heterocycles. The topological polar surface area (TPSA) is 66.9 Å². The van der Waals surface area contributed by atoms with Crippen LogP contribution in [-0.4, -0.2) is 55.3 Å². The Hall–Kier alpha value is -2.66. The molecule has 0 saturated carbocycles. The van der Waals surface area contributed by atoms with Crippen molar-refractivity contribution in [1.29, 1.82) is 0 Å². The second-order valence-corrected chi connectivity index (χ2v) is 9.72. The van der Waals surface area contributed by atoms with E-state index in [-0.39, 0.29) is 37.0 Å². The first kappa shape index (κ1) is 24.0. The van der Waals surface area contributed by atoms with E-state index in [2.05, 4.69) is 0 Å². The van der Waals surface area contributed by atoms with Gasteiger partial charge in [-0.1, -0.05) is 0 Å². The van der Waals surface area contributed by atoms with Gasteiger partial charge in [-0.3, -0.25) is 4.79 Å². The standard InChI is InChI=1S/C21H22F4N2O4S/c1-20(2,31-17-7-5-16(22)6-8-17)19(28)26-11-13-27(14-12-26)32(29,30)18-9-3-15(4-10-18)21(23,24)25/h3-10H,11-14H2,1-2H3. The number of sulfonamides is 1. The average molecular weight is 474 g/mol. The maximum absolute atomic E-state index is 13.1. The van der Waals surface area contributed by atoms with Crippen molar-refractivity contribution >= 4 is 15.9 Å². The molecule has 1 saturated heterocycles. The van der Waals surface area contributed by atoms with Crippen molar-refractivity contribution in [3.8, 4) is 5.75 Å². The predicted octanol–water partition coefficient (Wildman–Crippen LogP) is 3.54. The van der Waals surface area contributed by atoms with Crippen molar-refractivity contribution < 1.29 is 35.5 Å². The van der Waals surface area contributed by atoms with Crippen molar-refractivity contribution in [3.63, 3.8) is 0 Å². The minimum absolute atomic E-state index is 0.0122. The number of carbonyl (C=O) groups is 1. The average Bonchev–Trinajstić information content (AvgIpc) is 2.74. The highest BCUT2D eigenvalue weighted by Crippen LogP contribution is 2.30. The molecule has 11 heteroatoms. The van der Waals surface area contributed by atoms with Crippen molar-refractivity contribution in [3.05, 3.63) is 59.9 Å². The van der Waals surface area contributed by atoms with E-state index in [1.54, 1.807) is 13.8 Å². The number of ether oxygens (including phenoxy) is 1. The van der Waals surface area contributed by atoms with Crippen molar-refractivity contribution in [2.45, 2.75) is 30.5 Å². The van der Waals surface area contributed by atoms with Gasteiger partial charge in [0, 0.05) is 26.2 Å². The van der Waals surface area contributed by atoms with Gasteiger partial charge in [-0.2, -0.15) is 17.5 Å². The van der Waals surface area contributed by atoms with Crippen LogP contribution in [-0.2, 0) is 21.0 Å². The van der Waals surface area contributed by atoms with Gasteiger partial charge in [0.15, 0.2) is 5.60 Å². The molecule has 2 aromatic rings. The van der Waals surface area contributed by atoms with Crippen molar-refractivity contribution in [1.82, 2.24) is 9.21 Å². The van der Waals surface area contributed by atoms with Gasteiger partial charge in [-0.15, -0.1) is 0 Å². The first-order valence-electron chi connectivity index (χ1n) is 9.72. The highest BCUT2D eigenvalue weighted by Gasteiger charge is 2.38. The van der Waals surface area contributed by atoms with Crippen molar-refractivity contribution in [2.75, 3.05) is 26.2 Å². The summed E-state index contributed by atoms with van der Waals surface area (Å²) in [6.07, 6.45) is -4.56. The van der Waals surface area contributed by atoms with E-state index in [1.807, 2.05) is 0 Å². The number of amides is 1. The second kappa shape index (κ2) is 8.70. The van der Waals surface area contributed by atoms with Gasteiger partial charge in [0.25, 0.3) is 5.91 Å². The molecule has 2 aromatic carbocycles. The zero-order chi connectivity index (χ0) is 23.7. The zero-order valence-corrected chi connectivity index (χ0v) is 18.2. The fourth-order valence-corrected chi connectivity index (χ4v) is 4.74. The third-order valence-electron chi connectivity index (χ3n) is 5.05. The van der Waals surface area contributed by atoms with Gasteiger partial charge >= 0.3 is 6.18 Å². The summed E-state index contributed by atoms with van der Waals surface area (Å²) in [5.41, 5.74) is -2.21. The Bertz CT molecular complexity index is 1060.